The van der Waals surface area contributed by atoms with Gasteiger partial charge in [-0.1, -0.05) is 24.3 Å². The van der Waals surface area contributed by atoms with E-state index in [1.807, 2.05) is 18.3 Å². The molecule has 3 rings (SSSR count). The second-order valence-electron chi connectivity index (χ2n) is 4.76. The number of hydrogen-bond acceptors (Lipinski definition) is 4. The van der Waals surface area contributed by atoms with Gasteiger partial charge in [-0.2, -0.15) is 0 Å². The number of anilines is 1. The second-order valence-corrected chi connectivity index (χ2v) is 4.76. The molecule has 1 aromatic carbocycles. The second kappa shape index (κ2) is 5.32. The van der Waals surface area contributed by atoms with E-state index in [1.54, 1.807) is 16.8 Å². The first-order chi connectivity index (χ1) is 10.2. The molecule has 1 aromatic heterocycles. The molecule has 0 spiro atoms. The third-order valence-corrected chi connectivity index (χ3v) is 3.22. The maximum atomic E-state index is 11.6. The molecule has 21 heavy (non-hydrogen) atoms. The standard InChI is InChI=1S/C15H14N4O2/c1-2-9-18-10-13(16-17-18)11-3-5-12(6-4-11)19-14(20)7-8-15(19)21/h3-8,10H,2,9H2,1H3. The van der Waals surface area contributed by atoms with Crippen LogP contribution in [0.1, 0.15) is 13.3 Å². The predicted molar refractivity (Wildman–Crippen MR) is 77.4 cm³/mol. The van der Waals surface area contributed by atoms with Crippen LogP contribution in [0.4, 0.5) is 5.69 Å². The molecule has 2 heterocycles. The highest BCUT2D eigenvalue weighted by Crippen LogP contribution is 2.23. The maximum absolute atomic E-state index is 11.6. The van der Waals surface area contributed by atoms with E-state index in [4.69, 9.17) is 0 Å². The molecular formula is C15H14N4O2. The quantitative estimate of drug-likeness (QED) is 0.802. The fourth-order valence-electron chi connectivity index (χ4n) is 2.21. The molecule has 0 bridgehead atoms. The van der Waals surface area contributed by atoms with Crippen LogP contribution in [0, 0.1) is 0 Å². The Balaban J connectivity index is 1.83. The van der Waals surface area contributed by atoms with Crippen molar-refractivity contribution in [3.05, 3.63) is 42.6 Å². The molecule has 0 fully saturated rings. The summed E-state index contributed by atoms with van der Waals surface area (Å²) in [5.41, 5.74) is 2.22. The van der Waals surface area contributed by atoms with Crippen LogP contribution < -0.4 is 4.90 Å². The van der Waals surface area contributed by atoms with Gasteiger partial charge in [0.25, 0.3) is 11.8 Å². The summed E-state index contributed by atoms with van der Waals surface area (Å²) in [5.74, 6) is -0.636. The molecule has 106 valence electrons. The molecule has 6 nitrogen and oxygen atoms in total. The summed E-state index contributed by atoms with van der Waals surface area (Å²) in [6.07, 6.45) is 5.42. The molecular weight excluding hydrogens is 268 g/mol. The van der Waals surface area contributed by atoms with Gasteiger partial charge >= 0.3 is 0 Å². The van der Waals surface area contributed by atoms with Gasteiger partial charge in [-0.15, -0.1) is 5.10 Å². The van der Waals surface area contributed by atoms with E-state index in [0.29, 0.717) is 5.69 Å². The Kier molecular flexibility index (Phi) is 3.35. The minimum Gasteiger partial charge on any atom is -0.269 e. The fraction of sp³-hybridized carbons (Fsp3) is 0.200. The molecule has 0 radical (unpaired) electrons. The van der Waals surface area contributed by atoms with Crippen molar-refractivity contribution >= 4 is 17.5 Å². The van der Waals surface area contributed by atoms with Crippen molar-refractivity contribution in [2.75, 3.05) is 4.90 Å². The van der Waals surface area contributed by atoms with Crippen molar-refractivity contribution in [2.45, 2.75) is 19.9 Å². The Hall–Kier alpha value is -2.76. The number of aryl methyl sites for hydroxylation is 1. The smallest absolute Gasteiger partial charge is 0.258 e. The van der Waals surface area contributed by atoms with Crippen molar-refractivity contribution < 1.29 is 9.59 Å². The average molecular weight is 282 g/mol. The Morgan fingerprint density at radius 3 is 2.33 bits per heavy atom. The number of carbonyl (C=O) groups excluding carboxylic acids is 2. The predicted octanol–water partition coefficient (Wildman–Crippen LogP) is 1.78. The van der Waals surface area contributed by atoms with E-state index in [9.17, 15) is 9.59 Å². The average Bonchev–Trinajstić information content (AvgIpc) is 3.07. The van der Waals surface area contributed by atoms with Gasteiger partial charge in [0, 0.05) is 24.3 Å². The summed E-state index contributed by atoms with van der Waals surface area (Å²) in [5, 5.41) is 8.16. The number of carbonyl (C=O) groups is 2. The van der Waals surface area contributed by atoms with Gasteiger partial charge in [-0.05, 0) is 18.6 Å². The summed E-state index contributed by atoms with van der Waals surface area (Å²) in [7, 11) is 0. The summed E-state index contributed by atoms with van der Waals surface area (Å²) in [6, 6.07) is 7.12. The van der Waals surface area contributed by atoms with Crippen LogP contribution in [-0.4, -0.2) is 26.8 Å². The van der Waals surface area contributed by atoms with E-state index < -0.39 is 0 Å². The first-order valence-corrected chi connectivity index (χ1v) is 6.75. The van der Waals surface area contributed by atoms with E-state index >= 15 is 0 Å². The normalized spacial score (nSPS) is 14.2. The van der Waals surface area contributed by atoms with Crippen LogP contribution >= 0.6 is 0 Å². The highest BCUT2D eigenvalue weighted by Gasteiger charge is 2.24. The van der Waals surface area contributed by atoms with Crippen molar-refractivity contribution in [3.8, 4) is 11.3 Å². The summed E-state index contributed by atoms with van der Waals surface area (Å²) in [6.45, 7) is 2.90. The number of amides is 2. The molecule has 0 saturated carbocycles. The molecule has 6 heteroatoms. The van der Waals surface area contributed by atoms with Crippen LogP contribution in [0.5, 0.6) is 0 Å². The van der Waals surface area contributed by atoms with Crippen LogP contribution in [0.25, 0.3) is 11.3 Å². The monoisotopic (exact) mass is 282 g/mol. The zero-order chi connectivity index (χ0) is 14.8. The molecule has 0 atom stereocenters. The SMILES string of the molecule is CCCn1cc(-c2ccc(N3C(=O)C=CC3=O)cc2)nn1. The third-order valence-electron chi connectivity index (χ3n) is 3.22. The van der Waals surface area contributed by atoms with Gasteiger partial charge in [0.15, 0.2) is 0 Å². The van der Waals surface area contributed by atoms with Gasteiger partial charge in [-0.3, -0.25) is 14.3 Å². The minimum atomic E-state index is -0.318. The van der Waals surface area contributed by atoms with Crippen molar-refractivity contribution in [1.82, 2.24) is 15.0 Å². The van der Waals surface area contributed by atoms with Crippen molar-refractivity contribution in [2.24, 2.45) is 0 Å². The zero-order valence-corrected chi connectivity index (χ0v) is 11.6. The zero-order valence-electron chi connectivity index (χ0n) is 11.6. The number of hydrogen-bond donors (Lipinski definition) is 0. The molecule has 1 aliphatic heterocycles. The lowest BCUT2D eigenvalue weighted by Gasteiger charge is -2.13. The largest absolute Gasteiger partial charge is 0.269 e. The maximum Gasteiger partial charge on any atom is 0.258 e. The Bertz CT molecular complexity index is 698. The topological polar surface area (TPSA) is 68.1 Å². The summed E-state index contributed by atoms with van der Waals surface area (Å²) in [4.78, 5) is 24.4. The lowest BCUT2D eigenvalue weighted by Crippen LogP contribution is -2.29. The number of nitrogens with zero attached hydrogens (tertiary/aromatic N) is 4. The van der Waals surface area contributed by atoms with Crippen LogP contribution in [0.2, 0.25) is 0 Å². The molecule has 2 amide bonds. The first-order valence-electron chi connectivity index (χ1n) is 6.75. The van der Waals surface area contributed by atoms with E-state index in [0.717, 1.165) is 29.1 Å². The van der Waals surface area contributed by atoms with Crippen LogP contribution in [-0.2, 0) is 16.1 Å². The van der Waals surface area contributed by atoms with Crippen LogP contribution in [0.3, 0.4) is 0 Å². The summed E-state index contributed by atoms with van der Waals surface area (Å²) < 4.78 is 1.79. The summed E-state index contributed by atoms with van der Waals surface area (Å²) >= 11 is 0. The molecule has 0 unspecified atom stereocenters. The molecule has 0 aliphatic carbocycles. The van der Waals surface area contributed by atoms with Gasteiger partial charge in [0.2, 0.25) is 0 Å². The lowest BCUT2D eigenvalue weighted by atomic mass is 10.1. The Labute approximate surface area is 121 Å². The van der Waals surface area contributed by atoms with Gasteiger partial charge in [0.1, 0.15) is 5.69 Å². The highest BCUT2D eigenvalue weighted by atomic mass is 16.2. The number of aromatic nitrogens is 3. The number of rotatable bonds is 4. The number of imide groups is 1. The molecule has 1 aliphatic rings. The first kappa shape index (κ1) is 13.2. The van der Waals surface area contributed by atoms with E-state index in [1.165, 1.54) is 12.2 Å². The lowest BCUT2D eigenvalue weighted by molar-refractivity contribution is -0.119. The highest BCUT2D eigenvalue weighted by molar-refractivity contribution is 6.28. The van der Waals surface area contributed by atoms with Crippen molar-refractivity contribution in [1.29, 1.82) is 0 Å². The van der Waals surface area contributed by atoms with Crippen molar-refractivity contribution in [3.63, 3.8) is 0 Å². The molecule has 0 N–H and O–H groups in total. The Morgan fingerprint density at radius 2 is 1.71 bits per heavy atom. The van der Waals surface area contributed by atoms with E-state index in [-0.39, 0.29) is 11.8 Å². The molecule has 2 aromatic rings. The minimum absolute atomic E-state index is 0.318. The third kappa shape index (κ3) is 2.47. The fourth-order valence-corrected chi connectivity index (χ4v) is 2.21. The van der Waals surface area contributed by atoms with Crippen LogP contribution in [0.15, 0.2) is 42.6 Å². The van der Waals surface area contributed by atoms with Gasteiger partial charge in [-0.25, -0.2) is 4.90 Å². The number of benzene rings is 1. The Morgan fingerprint density at radius 1 is 1.05 bits per heavy atom. The van der Waals surface area contributed by atoms with Gasteiger partial charge in [0.05, 0.1) is 11.9 Å². The molecule has 0 saturated heterocycles. The van der Waals surface area contributed by atoms with E-state index in [2.05, 4.69) is 17.2 Å². The van der Waals surface area contributed by atoms with Gasteiger partial charge < -0.3 is 0 Å².